The molecule has 0 bridgehead atoms. The van der Waals surface area contributed by atoms with E-state index in [-0.39, 0.29) is 5.91 Å². The Morgan fingerprint density at radius 2 is 1.86 bits per heavy atom. The molecule has 21 heavy (non-hydrogen) atoms. The number of carbonyl (C=O) groups excluding carboxylic acids is 1. The summed E-state index contributed by atoms with van der Waals surface area (Å²) >= 11 is 3.37. The van der Waals surface area contributed by atoms with Crippen molar-refractivity contribution in [3.05, 3.63) is 64.9 Å². The Balaban J connectivity index is 1.93. The van der Waals surface area contributed by atoms with Crippen molar-refractivity contribution >= 4 is 27.5 Å². The minimum Gasteiger partial charge on any atom is -0.320 e. The van der Waals surface area contributed by atoms with Crippen LogP contribution in [0.1, 0.15) is 10.4 Å². The van der Waals surface area contributed by atoms with Crippen molar-refractivity contribution in [3.8, 4) is 5.69 Å². The van der Waals surface area contributed by atoms with Crippen molar-refractivity contribution in [1.29, 1.82) is 0 Å². The average molecular weight is 344 g/mol. The topological polar surface area (TPSA) is 72.7 Å². The van der Waals surface area contributed by atoms with Gasteiger partial charge >= 0.3 is 0 Å². The van der Waals surface area contributed by atoms with E-state index in [0.29, 0.717) is 16.9 Å². The lowest BCUT2D eigenvalue weighted by Gasteiger charge is -2.10. The molecule has 3 rings (SSSR count). The molecule has 6 nitrogen and oxygen atoms in total. The van der Waals surface area contributed by atoms with Gasteiger partial charge in [0.1, 0.15) is 6.33 Å². The van der Waals surface area contributed by atoms with Gasteiger partial charge in [-0.25, -0.2) is 0 Å². The first kappa shape index (κ1) is 13.4. The van der Waals surface area contributed by atoms with E-state index in [2.05, 4.69) is 36.8 Å². The first-order valence-corrected chi connectivity index (χ1v) is 6.93. The van der Waals surface area contributed by atoms with Crippen LogP contribution in [-0.4, -0.2) is 26.1 Å². The van der Waals surface area contributed by atoms with Crippen LogP contribution in [0.4, 0.5) is 5.69 Å². The minimum absolute atomic E-state index is 0.206. The Bertz CT molecular complexity index is 773. The van der Waals surface area contributed by atoms with Crippen LogP contribution in [0.5, 0.6) is 0 Å². The fourth-order valence-corrected chi connectivity index (χ4v) is 2.35. The molecule has 0 aliphatic rings. The molecule has 3 aromatic rings. The molecule has 0 unspecified atom stereocenters. The van der Waals surface area contributed by atoms with Crippen molar-refractivity contribution in [2.75, 3.05) is 5.32 Å². The Morgan fingerprint density at radius 1 is 1.10 bits per heavy atom. The fraction of sp³-hybridized carbons (Fsp3) is 0. The molecular weight excluding hydrogens is 334 g/mol. The van der Waals surface area contributed by atoms with Crippen LogP contribution in [0.25, 0.3) is 5.69 Å². The molecule has 0 saturated carbocycles. The molecule has 7 heteroatoms. The van der Waals surface area contributed by atoms with Crippen molar-refractivity contribution < 1.29 is 4.79 Å². The molecule has 0 aliphatic heterocycles. The number of rotatable bonds is 3. The van der Waals surface area contributed by atoms with Gasteiger partial charge < -0.3 is 5.32 Å². The zero-order chi connectivity index (χ0) is 14.7. The van der Waals surface area contributed by atoms with Crippen molar-refractivity contribution in [3.63, 3.8) is 0 Å². The SMILES string of the molecule is O=C(Nc1ccccc1-n1cnnn1)c1ccccc1Br. The number of halogens is 1. The maximum atomic E-state index is 12.4. The van der Waals surface area contributed by atoms with Gasteiger partial charge in [-0.05, 0) is 50.6 Å². The number of aromatic nitrogens is 4. The maximum Gasteiger partial charge on any atom is 0.256 e. The van der Waals surface area contributed by atoms with Gasteiger partial charge in [0, 0.05) is 4.47 Å². The highest BCUT2D eigenvalue weighted by atomic mass is 79.9. The van der Waals surface area contributed by atoms with Crippen LogP contribution in [0.3, 0.4) is 0 Å². The molecule has 2 aromatic carbocycles. The summed E-state index contributed by atoms with van der Waals surface area (Å²) in [7, 11) is 0. The predicted octanol–water partition coefficient (Wildman–Crippen LogP) is 2.68. The number of tetrazole rings is 1. The lowest BCUT2D eigenvalue weighted by molar-refractivity contribution is 0.102. The normalized spacial score (nSPS) is 10.3. The highest BCUT2D eigenvalue weighted by Crippen LogP contribution is 2.21. The largest absolute Gasteiger partial charge is 0.320 e. The molecule has 0 atom stereocenters. The summed E-state index contributed by atoms with van der Waals surface area (Å²) in [5.74, 6) is -0.206. The first-order valence-electron chi connectivity index (χ1n) is 6.14. The highest BCUT2D eigenvalue weighted by molar-refractivity contribution is 9.10. The molecule has 1 aromatic heterocycles. The maximum absolute atomic E-state index is 12.4. The molecule has 0 radical (unpaired) electrons. The van der Waals surface area contributed by atoms with Gasteiger partial charge in [0.25, 0.3) is 5.91 Å². The second-order valence-corrected chi connectivity index (χ2v) is 5.06. The third kappa shape index (κ3) is 2.82. The van der Waals surface area contributed by atoms with E-state index in [1.165, 1.54) is 11.0 Å². The number of anilines is 1. The molecule has 1 amide bonds. The lowest BCUT2D eigenvalue weighted by Crippen LogP contribution is -2.14. The van der Waals surface area contributed by atoms with Gasteiger partial charge in [0.15, 0.2) is 0 Å². The molecule has 0 spiro atoms. The van der Waals surface area contributed by atoms with Crippen molar-refractivity contribution in [2.24, 2.45) is 0 Å². The fourth-order valence-electron chi connectivity index (χ4n) is 1.89. The molecule has 1 N–H and O–H groups in total. The lowest BCUT2D eigenvalue weighted by atomic mass is 10.2. The van der Waals surface area contributed by atoms with Gasteiger partial charge in [-0.15, -0.1) is 5.10 Å². The van der Waals surface area contributed by atoms with Gasteiger partial charge in [-0.1, -0.05) is 24.3 Å². The zero-order valence-corrected chi connectivity index (χ0v) is 12.4. The quantitative estimate of drug-likeness (QED) is 0.793. The molecule has 104 valence electrons. The smallest absolute Gasteiger partial charge is 0.256 e. The number of benzene rings is 2. The number of hydrogen-bond acceptors (Lipinski definition) is 4. The summed E-state index contributed by atoms with van der Waals surface area (Å²) in [6, 6.07) is 14.6. The average Bonchev–Trinajstić information content (AvgIpc) is 3.02. The van der Waals surface area contributed by atoms with Crippen LogP contribution >= 0.6 is 15.9 Å². The van der Waals surface area contributed by atoms with Crippen molar-refractivity contribution in [2.45, 2.75) is 0 Å². The van der Waals surface area contributed by atoms with E-state index < -0.39 is 0 Å². The molecule has 0 saturated heterocycles. The summed E-state index contributed by atoms with van der Waals surface area (Å²) in [6.07, 6.45) is 1.48. The van der Waals surface area contributed by atoms with E-state index in [4.69, 9.17) is 0 Å². The van der Waals surface area contributed by atoms with E-state index in [0.717, 1.165) is 4.47 Å². The first-order chi connectivity index (χ1) is 10.3. The summed E-state index contributed by atoms with van der Waals surface area (Å²) < 4.78 is 2.23. The van der Waals surface area contributed by atoms with Crippen LogP contribution < -0.4 is 5.32 Å². The number of amides is 1. The standard InChI is InChI=1S/C14H10BrN5O/c15-11-6-2-1-5-10(11)14(21)17-12-7-3-4-8-13(12)20-9-16-18-19-20/h1-9H,(H,17,21). The Hall–Kier alpha value is -2.54. The summed E-state index contributed by atoms with van der Waals surface area (Å²) in [4.78, 5) is 12.4. The summed E-state index contributed by atoms with van der Waals surface area (Å²) in [5.41, 5.74) is 1.89. The van der Waals surface area contributed by atoms with Crippen molar-refractivity contribution in [1.82, 2.24) is 20.2 Å². The third-order valence-corrected chi connectivity index (χ3v) is 3.56. The van der Waals surface area contributed by atoms with Gasteiger partial charge in [0.2, 0.25) is 0 Å². The Morgan fingerprint density at radius 3 is 2.62 bits per heavy atom. The van der Waals surface area contributed by atoms with Gasteiger partial charge in [-0.3, -0.25) is 4.79 Å². The van der Waals surface area contributed by atoms with E-state index in [1.807, 2.05) is 36.4 Å². The molecule has 0 fully saturated rings. The molecule has 1 heterocycles. The monoisotopic (exact) mass is 343 g/mol. The van der Waals surface area contributed by atoms with Crippen LogP contribution in [0.15, 0.2) is 59.3 Å². The number of hydrogen-bond donors (Lipinski definition) is 1. The zero-order valence-electron chi connectivity index (χ0n) is 10.8. The van der Waals surface area contributed by atoms with E-state index >= 15 is 0 Å². The van der Waals surface area contributed by atoms with Gasteiger partial charge in [0.05, 0.1) is 16.9 Å². The highest BCUT2D eigenvalue weighted by Gasteiger charge is 2.12. The summed E-state index contributed by atoms with van der Waals surface area (Å²) in [5, 5.41) is 13.9. The second kappa shape index (κ2) is 5.84. The van der Waals surface area contributed by atoms with Gasteiger partial charge in [-0.2, -0.15) is 4.68 Å². The van der Waals surface area contributed by atoms with E-state index in [9.17, 15) is 4.79 Å². The van der Waals surface area contributed by atoms with E-state index in [1.54, 1.807) is 12.1 Å². The predicted molar refractivity (Wildman–Crippen MR) is 81.2 cm³/mol. The Labute approximate surface area is 128 Å². The number of nitrogens with one attached hydrogen (secondary N) is 1. The molecule has 0 aliphatic carbocycles. The van der Waals surface area contributed by atoms with Crippen LogP contribution in [0, 0.1) is 0 Å². The molecular formula is C14H10BrN5O. The summed E-state index contributed by atoms with van der Waals surface area (Å²) in [6.45, 7) is 0. The van der Waals surface area contributed by atoms with Crippen LogP contribution in [0.2, 0.25) is 0 Å². The number of nitrogens with zero attached hydrogens (tertiary/aromatic N) is 4. The Kier molecular flexibility index (Phi) is 3.74. The van der Waals surface area contributed by atoms with Crippen LogP contribution in [-0.2, 0) is 0 Å². The number of carbonyl (C=O) groups is 1. The number of para-hydroxylation sites is 2. The third-order valence-electron chi connectivity index (χ3n) is 2.87. The minimum atomic E-state index is -0.206. The second-order valence-electron chi connectivity index (χ2n) is 4.21.